The Balaban J connectivity index is 1.61. The Morgan fingerprint density at radius 3 is 2.68 bits per heavy atom. The molecule has 0 unspecified atom stereocenters. The molecule has 1 amide bonds. The Hall–Kier alpha value is -2.52. The van der Waals surface area contributed by atoms with E-state index in [1.54, 1.807) is 24.3 Å². The number of ether oxygens (including phenoxy) is 1. The molecule has 1 aliphatic rings. The van der Waals surface area contributed by atoms with Gasteiger partial charge in [-0.2, -0.15) is 0 Å². The van der Waals surface area contributed by atoms with Crippen LogP contribution in [-0.2, 0) is 0 Å². The molecule has 1 aromatic heterocycles. The Bertz CT molecular complexity index is 863. The van der Waals surface area contributed by atoms with Gasteiger partial charge in [-0.1, -0.05) is 11.8 Å². The highest BCUT2D eigenvalue weighted by molar-refractivity contribution is 7.99. The monoisotopic (exact) mass is 403 g/mol. The predicted octanol–water partition coefficient (Wildman–Crippen LogP) is 2.19. The molecule has 1 aromatic carbocycles. The average molecular weight is 404 g/mol. The van der Waals surface area contributed by atoms with E-state index >= 15 is 0 Å². The molecule has 2 aromatic rings. The van der Waals surface area contributed by atoms with Crippen molar-refractivity contribution in [3.05, 3.63) is 40.2 Å². The number of carbonyl (C=O) groups is 1. The van der Waals surface area contributed by atoms with E-state index in [-0.39, 0.29) is 11.5 Å². The second kappa shape index (κ2) is 9.61. The number of carbonyl (C=O) groups excluding carboxylic acids is 1. The van der Waals surface area contributed by atoms with Gasteiger partial charge in [0, 0.05) is 17.9 Å². The summed E-state index contributed by atoms with van der Waals surface area (Å²) >= 11 is 1.45. The van der Waals surface area contributed by atoms with Crippen molar-refractivity contribution in [1.82, 2.24) is 14.9 Å². The Labute approximate surface area is 167 Å². The molecule has 0 spiro atoms. The summed E-state index contributed by atoms with van der Waals surface area (Å²) in [7, 11) is 0. The zero-order valence-corrected chi connectivity index (χ0v) is 16.7. The zero-order chi connectivity index (χ0) is 19.9. The Morgan fingerprint density at radius 1 is 1.32 bits per heavy atom. The highest BCUT2D eigenvalue weighted by atomic mass is 32.2. The number of nitrogen functional groups attached to an aromatic ring is 1. The number of aromatic nitrogens is 2. The van der Waals surface area contributed by atoms with Crippen LogP contribution in [0.1, 0.15) is 30.1 Å². The van der Waals surface area contributed by atoms with E-state index in [9.17, 15) is 9.59 Å². The maximum atomic E-state index is 12.4. The van der Waals surface area contributed by atoms with Gasteiger partial charge in [0.1, 0.15) is 11.4 Å². The number of H-pyrrole nitrogens is 1. The lowest BCUT2D eigenvalue weighted by Crippen LogP contribution is -2.24. The lowest BCUT2D eigenvalue weighted by atomic mass is 10.2. The van der Waals surface area contributed by atoms with E-state index in [1.807, 2.05) is 6.92 Å². The molecule has 3 rings (SSSR count). The molecule has 8 nitrogen and oxygen atoms in total. The maximum absolute atomic E-state index is 12.4. The molecule has 4 N–H and O–H groups in total. The van der Waals surface area contributed by atoms with Crippen LogP contribution in [0, 0.1) is 0 Å². The van der Waals surface area contributed by atoms with Crippen LogP contribution in [0.5, 0.6) is 5.75 Å². The predicted molar refractivity (Wildman–Crippen MR) is 111 cm³/mol. The highest BCUT2D eigenvalue weighted by Crippen LogP contribution is 2.19. The average Bonchev–Trinajstić information content (AvgIpc) is 3.19. The van der Waals surface area contributed by atoms with Crippen molar-refractivity contribution in [2.75, 3.05) is 43.0 Å². The van der Waals surface area contributed by atoms with Gasteiger partial charge in [-0.15, -0.1) is 0 Å². The minimum atomic E-state index is -0.463. The smallest absolute Gasteiger partial charge is 0.277 e. The highest BCUT2D eigenvalue weighted by Gasteiger charge is 2.15. The molecule has 1 saturated heterocycles. The van der Waals surface area contributed by atoms with E-state index in [4.69, 9.17) is 10.5 Å². The number of hydrogen-bond donors (Lipinski definition) is 3. The number of thioether (sulfide) groups is 1. The summed E-state index contributed by atoms with van der Waals surface area (Å²) in [6.45, 7) is 5.64. The lowest BCUT2D eigenvalue weighted by molar-refractivity contribution is 0.102. The largest absolute Gasteiger partial charge is 0.494 e. The van der Waals surface area contributed by atoms with Gasteiger partial charge >= 0.3 is 0 Å². The minimum Gasteiger partial charge on any atom is -0.494 e. The van der Waals surface area contributed by atoms with Gasteiger partial charge in [0.15, 0.2) is 11.0 Å². The fraction of sp³-hybridized carbons (Fsp3) is 0.421. The molecule has 0 aliphatic carbocycles. The summed E-state index contributed by atoms with van der Waals surface area (Å²) in [5.41, 5.74) is 5.81. The van der Waals surface area contributed by atoms with E-state index < -0.39 is 11.5 Å². The molecule has 1 fully saturated rings. The maximum Gasteiger partial charge on any atom is 0.277 e. The van der Waals surface area contributed by atoms with Crippen molar-refractivity contribution in [2.45, 2.75) is 24.9 Å². The standard InChI is InChI=1S/C19H25N5O3S/c1-2-27-14-7-5-13(6-8-14)17(25)21-15-16(20)22-19(23-18(15)26)28-12-11-24-9-3-4-10-24/h5-8H,2-4,9-12H2,1H3,(H,21,25)(H3,20,22,23,26). The van der Waals surface area contributed by atoms with E-state index in [0.29, 0.717) is 23.1 Å². The van der Waals surface area contributed by atoms with Crippen LogP contribution in [0.15, 0.2) is 34.2 Å². The van der Waals surface area contributed by atoms with Gasteiger partial charge in [-0.25, -0.2) is 4.98 Å². The van der Waals surface area contributed by atoms with Crippen LogP contribution in [0.25, 0.3) is 0 Å². The van der Waals surface area contributed by atoms with Crippen molar-refractivity contribution in [1.29, 1.82) is 0 Å². The quantitative estimate of drug-likeness (QED) is 0.457. The summed E-state index contributed by atoms with van der Waals surface area (Å²) in [4.78, 5) is 34.0. The number of nitrogens with one attached hydrogen (secondary N) is 2. The first-order chi connectivity index (χ1) is 13.6. The molecular weight excluding hydrogens is 378 g/mol. The Morgan fingerprint density at radius 2 is 2.04 bits per heavy atom. The fourth-order valence-electron chi connectivity index (χ4n) is 2.99. The number of hydrogen-bond acceptors (Lipinski definition) is 7. The number of amides is 1. The third kappa shape index (κ3) is 5.26. The van der Waals surface area contributed by atoms with Crippen molar-refractivity contribution >= 4 is 29.2 Å². The fourth-order valence-corrected chi connectivity index (χ4v) is 3.86. The zero-order valence-electron chi connectivity index (χ0n) is 15.9. The number of anilines is 2. The van der Waals surface area contributed by atoms with Gasteiger partial charge in [-0.3, -0.25) is 14.6 Å². The van der Waals surface area contributed by atoms with Crippen LogP contribution < -0.4 is 21.3 Å². The van der Waals surface area contributed by atoms with Crippen LogP contribution in [0.4, 0.5) is 11.5 Å². The van der Waals surface area contributed by atoms with Gasteiger partial charge in [0.05, 0.1) is 6.61 Å². The summed E-state index contributed by atoms with van der Waals surface area (Å²) in [5.74, 6) is 1.07. The number of nitrogens with two attached hydrogens (primary N) is 1. The van der Waals surface area contributed by atoms with Crippen molar-refractivity contribution in [3.8, 4) is 5.75 Å². The van der Waals surface area contributed by atoms with E-state index in [1.165, 1.54) is 24.6 Å². The topological polar surface area (TPSA) is 113 Å². The summed E-state index contributed by atoms with van der Waals surface area (Å²) in [6, 6.07) is 6.65. The molecule has 28 heavy (non-hydrogen) atoms. The molecule has 9 heteroatoms. The first-order valence-electron chi connectivity index (χ1n) is 9.36. The summed E-state index contributed by atoms with van der Waals surface area (Å²) in [6.07, 6.45) is 2.49. The number of aromatic amines is 1. The SMILES string of the molecule is CCOc1ccc(C(=O)Nc2c(N)nc(SCCN3CCCC3)[nH]c2=O)cc1. The number of nitrogens with zero attached hydrogens (tertiary/aromatic N) is 2. The van der Waals surface area contributed by atoms with E-state index in [0.717, 1.165) is 25.4 Å². The van der Waals surface area contributed by atoms with Gasteiger partial charge < -0.3 is 20.7 Å². The first kappa shape index (κ1) is 20.2. The lowest BCUT2D eigenvalue weighted by Gasteiger charge is -2.13. The number of rotatable bonds is 8. The first-order valence-corrected chi connectivity index (χ1v) is 10.3. The molecule has 2 heterocycles. The van der Waals surface area contributed by atoms with Crippen LogP contribution in [0.3, 0.4) is 0 Å². The summed E-state index contributed by atoms with van der Waals surface area (Å²) in [5, 5.41) is 3.00. The second-order valence-electron chi connectivity index (χ2n) is 6.44. The van der Waals surface area contributed by atoms with Crippen LogP contribution in [0.2, 0.25) is 0 Å². The van der Waals surface area contributed by atoms with Gasteiger partial charge in [0.25, 0.3) is 11.5 Å². The minimum absolute atomic E-state index is 0.00621. The molecular formula is C19H25N5O3S. The normalized spacial score (nSPS) is 14.2. The van der Waals surface area contributed by atoms with Crippen molar-refractivity contribution < 1.29 is 9.53 Å². The van der Waals surface area contributed by atoms with Gasteiger partial charge in [0.2, 0.25) is 0 Å². The number of benzene rings is 1. The van der Waals surface area contributed by atoms with E-state index in [2.05, 4.69) is 20.2 Å². The number of likely N-dealkylation sites (tertiary alicyclic amines) is 1. The summed E-state index contributed by atoms with van der Waals surface area (Å²) < 4.78 is 5.35. The molecule has 150 valence electrons. The van der Waals surface area contributed by atoms with Crippen LogP contribution in [-0.4, -0.2) is 52.8 Å². The van der Waals surface area contributed by atoms with Gasteiger partial charge in [-0.05, 0) is 57.1 Å². The molecule has 0 saturated carbocycles. The molecule has 0 radical (unpaired) electrons. The molecule has 0 atom stereocenters. The molecule has 1 aliphatic heterocycles. The molecule has 0 bridgehead atoms. The van der Waals surface area contributed by atoms with Crippen LogP contribution >= 0.6 is 11.8 Å². The second-order valence-corrected chi connectivity index (χ2v) is 7.52. The third-order valence-electron chi connectivity index (χ3n) is 4.44. The Kier molecular flexibility index (Phi) is 6.94. The van der Waals surface area contributed by atoms with Crippen molar-refractivity contribution in [3.63, 3.8) is 0 Å². The van der Waals surface area contributed by atoms with Crippen molar-refractivity contribution in [2.24, 2.45) is 0 Å². The third-order valence-corrected chi connectivity index (χ3v) is 5.29.